The summed E-state index contributed by atoms with van der Waals surface area (Å²) in [5.41, 5.74) is 0. The molecule has 0 aromatic heterocycles. The fourth-order valence-corrected chi connectivity index (χ4v) is 1.50. The lowest BCUT2D eigenvalue weighted by atomic mass is 10.1. The van der Waals surface area contributed by atoms with E-state index in [4.69, 9.17) is 5.11 Å². The molecular formula is C10HF19O2. The van der Waals surface area contributed by atoms with Crippen molar-refractivity contribution >= 4 is 5.97 Å². The van der Waals surface area contributed by atoms with Crippen LogP contribution in [-0.2, 0) is 4.79 Å². The lowest BCUT2D eigenvalue weighted by Gasteiger charge is -2.43. The third-order valence-corrected chi connectivity index (χ3v) is 3.38. The molecule has 0 rings (SSSR count). The van der Waals surface area contributed by atoms with E-state index in [0.29, 0.717) is 0 Å². The van der Waals surface area contributed by atoms with Crippen LogP contribution in [0, 0.1) is 0 Å². The predicted octanol–water partition coefficient (Wildman–Crippen LogP) is 5.72. The van der Waals surface area contributed by atoms with Crippen molar-refractivity contribution in [3.63, 3.8) is 0 Å². The lowest BCUT2D eigenvalue weighted by molar-refractivity contribution is -0.467. The summed E-state index contributed by atoms with van der Waals surface area (Å²) in [6.07, 6.45) is -7.95. The number of hydrogen-bond donors (Lipinski definition) is 1. The number of carbonyl (C=O) groups is 1. The summed E-state index contributed by atoms with van der Waals surface area (Å²) < 4.78 is 242. The van der Waals surface area contributed by atoms with Crippen LogP contribution in [0.3, 0.4) is 0 Å². The third kappa shape index (κ3) is 3.32. The van der Waals surface area contributed by atoms with Gasteiger partial charge in [0.2, 0.25) is 0 Å². The van der Waals surface area contributed by atoms with Crippen molar-refractivity contribution in [1.82, 2.24) is 0 Å². The van der Waals surface area contributed by atoms with E-state index in [9.17, 15) is 88.2 Å². The first-order valence-corrected chi connectivity index (χ1v) is 6.27. The van der Waals surface area contributed by atoms with Crippen molar-refractivity contribution < 1.29 is 93.3 Å². The molecule has 0 aliphatic carbocycles. The Morgan fingerprint density at radius 1 is 0.387 bits per heavy atom. The quantitative estimate of drug-likeness (QED) is 0.329. The number of carboxylic acids is 1. The Morgan fingerprint density at radius 2 is 0.581 bits per heavy atom. The summed E-state index contributed by atoms with van der Waals surface area (Å²) in [6.45, 7) is 0. The molecular weight excluding hydrogens is 519 g/mol. The average molecular weight is 520 g/mol. The first-order chi connectivity index (χ1) is 12.9. The van der Waals surface area contributed by atoms with E-state index in [2.05, 4.69) is 0 Å². The number of halogens is 19. The molecule has 0 spiro atoms. The SMILES string of the molecule is O=[13C](O)[13C](F)(F)[13C](F)(F)[13C](F)(F)[13C](F)(F)[13C](F)(F)C(F)(F)C(F)(F)C(F)(F)C(F)(F)F. The van der Waals surface area contributed by atoms with Gasteiger partial charge in [-0.15, -0.1) is 0 Å². The summed E-state index contributed by atoms with van der Waals surface area (Å²) in [5.74, 6) is -73.3. The smallest absolute Gasteiger partial charge is 0.460 e. The van der Waals surface area contributed by atoms with Crippen LogP contribution >= 0.6 is 0 Å². The number of hydrogen-bond acceptors (Lipinski definition) is 1. The minimum absolute atomic E-state index is 4.48. The van der Waals surface area contributed by atoms with Gasteiger partial charge in [-0.3, -0.25) is 0 Å². The molecule has 0 aromatic rings. The summed E-state index contributed by atoms with van der Waals surface area (Å²) in [5, 5.41) is 7.61. The highest BCUT2D eigenvalue weighted by molar-refractivity contribution is 5.77. The molecule has 31 heavy (non-hydrogen) atoms. The monoisotopic (exact) mass is 520 g/mol. The van der Waals surface area contributed by atoms with E-state index >= 15 is 0 Å². The fourth-order valence-electron chi connectivity index (χ4n) is 1.50. The van der Waals surface area contributed by atoms with Crippen molar-refractivity contribution in [1.29, 1.82) is 0 Å². The zero-order chi connectivity index (χ0) is 26.1. The minimum atomic E-state index is -9.06. The number of aliphatic carboxylic acids is 1. The Labute approximate surface area is 154 Å². The molecule has 0 aromatic carbocycles. The molecule has 0 aliphatic rings. The van der Waals surface area contributed by atoms with Gasteiger partial charge in [-0.2, -0.15) is 83.4 Å². The van der Waals surface area contributed by atoms with Crippen LogP contribution in [0.4, 0.5) is 83.4 Å². The molecule has 0 amide bonds. The van der Waals surface area contributed by atoms with Crippen LogP contribution in [0.5, 0.6) is 0 Å². The molecule has 1 N–H and O–H groups in total. The molecule has 0 unspecified atom stereocenters. The zero-order valence-electron chi connectivity index (χ0n) is 13.0. The maximum absolute atomic E-state index is 13.1. The molecule has 186 valence electrons. The zero-order valence-corrected chi connectivity index (χ0v) is 13.0. The topological polar surface area (TPSA) is 37.3 Å². The van der Waals surface area contributed by atoms with Crippen LogP contribution in [0.15, 0.2) is 0 Å². The third-order valence-electron chi connectivity index (χ3n) is 3.38. The Kier molecular flexibility index (Phi) is 6.41. The largest absolute Gasteiger partial charge is 0.477 e. The Hall–Kier alpha value is -1.86. The number of rotatable bonds is 8. The van der Waals surface area contributed by atoms with Gasteiger partial charge in [0.15, 0.2) is 0 Å². The van der Waals surface area contributed by atoms with Crippen molar-refractivity contribution in [3.05, 3.63) is 0 Å². The minimum Gasteiger partial charge on any atom is -0.477 e. The molecule has 0 bridgehead atoms. The van der Waals surface area contributed by atoms with Crippen LogP contribution in [-0.4, -0.2) is 64.6 Å². The van der Waals surface area contributed by atoms with Crippen LogP contribution in [0.2, 0.25) is 0 Å². The van der Waals surface area contributed by atoms with Gasteiger partial charge in [-0.05, 0) is 0 Å². The van der Waals surface area contributed by atoms with Crippen molar-refractivity contribution in [3.8, 4) is 0 Å². The van der Waals surface area contributed by atoms with Crippen LogP contribution < -0.4 is 0 Å². The van der Waals surface area contributed by atoms with Crippen molar-refractivity contribution in [2.45, 2.75) is 53.6 Å². The van der Waals surface area contributed by atoms with E-state index in [1.807, 2.05) is 0 Å². The van der Waals surface area contributed by atoms with Crippen molar-refractivity contribution in [2.75, 3.05) is 0 Å². The average Bonchev–Trinajstić information content (AvgIpc) is 2.52. The van der Waals surface area contributed by atoms with E-state index < -0.39 is 59.5 Å². The van der Waals surface area contributed by atoms with Gasteiger partial charge in [0.25, 0.3) is 0 Å². The molecule has 0 saturated carbocycles. The molecule has 0 aliphatic heterocycles. The highest BCUT2D eigenvalue weighted by atomic mass is 19.5. The number of carboxylic acid groups (broad SMARTS) is 1. The number of alkyl halides is 19. The summed E-state index contributed by atoms with van der Waals surface area (Å²) in [4.78, 5) is 9.80. The highest BCUT2D eigenvalue weighted by Gasteiger charge is 2.97. The first kappa shape index (κ1) is 29.1. The highest BCUT2D eigenvalue weighted by Crippen LogP contribution is 2.65. The normalized spacial score (nSPS) is 16.5. The molecule has 0 fully saturated rings. The molecule has 21 heteroatoms. The van der Waals surface area contributed by atoms with Crippen molar-refractivity contribution in [2.24, 2.45) is 0 Å². The maximum Gasteiger partial charge on any atom is 0.460 e. The standard InChI is InChI=1S/C10HF19O2/c11-2(12,1(30)31)3(13,14)4(15,16)5(17,18)6(19,20)7(21,22)8(23,24)9(25,26)10(27,28)29/h(H,30,31)/i1+1,2+1,3+1,4+1,5+1,6+1. The molecule has 0 heterocycles. The van der Waals surface area contributed by atoms with E-state index in [-0.39, 0.29) is 0 Å². The molecule has 0 radical (unpaired) electrons. The Balaban J connectivity index is 6.95. The van der Waals surface area contributed by atoms with Gasteiger partial charge >= 0.3 is 59.5 Å². The van der Waals surface area contributed by atoms with Crippen LogP contribution in [0.1, 0.15) is 0 Å². The van der Waals surface area contributed by atoms with Gasteiger partial charge in [0.05, 0.1) is 0 Å². The second kappa shape index (κ2) is 6.82. The van der Waals surface area contributed by atoms with Gasteiger partial charge in [0, 0.05) is 0 Å². The maximum atomic E-state index is 13.1. The van der Waals surface area contributed by atoms with E-state index in [1.165, 1.54) is 0 Å². The Morgan fingerprint density at radius 3 is 0.774 bits per heavy atom. The first-order valence-electron chi connectivity index (χ1n) is 6.27. The van der Waals surface area contributed by atoms with Gasteiger partial charge in [-0.25, -0.2) is 4.79 Å². The molecule has 0 saturated heterocycles. The van der Waals surface area contributed by atoms with E-state index in [0.717, 1.165) is 0 Å². The van der Waals surface area contributed by atoms with Gasteiger partial charge in [-0.1, -0.05) is 0 Å². The summed E-state index contributed by atoms with van der Waals surface area (Å²) >= 11 is 0. The van der Waals surface area contributed by atoms with E-state index in [1.54, 1.807) is 0 Å². The van der Waals surface area contributed by atoms with Gasteiger partial charge < -0.3 is 5.11 Å². The lowest BCUT2D eigenvalue weighted by Crippen LogP contribution is -2.76. The molecule has 2 nitrogen and oxygen atoms in total. The predicted molar refractivity (Wildman–Crippen MR) is 53.3 cm³/mol. The second-order valence-electron chi connectivity index (χ2n) is 5.40. The van der Waals surface area contributed by atoms with Crippen LogP contribution in [0.25, 0.3) is 0 Å². The summed E-state index contributed by atoms with van der Waals surface area (Å²) in [7, 11) is 0. The summed E-state index contributed by atoms with van der Waals surface area (Å²) in [6, 6.07) is 0. The second-order valence-corrected chi connectivity index (χ2v) is 5.40. The van der Waals surface area contributed by atoms with Gasteiger partial charge in [0.1, 0.15) is 0 Å². The fraction of sp³-hybridized carbons (Fsp3) is 0.900. The Bertz CT molecular complexity index is 701. The molecule has 0 atom stereocenters.